The standard InChI is InChI=1S/C16H27N3/c1-4-14-5-7-15(8-6-14)10-12-19-16(17)18-11-9-13(2)3/h5-8,13H,4,9-12H2,1-3H3,(H3,17,18,19). The minimum atomic E-state index is 0.561. The molecule has 1 aromatic carbocycles. The highest BCUT2D eigenvalue weighted by molar-refractivity contribution is 5.77. The highest BCUT2D eigenvalue weighted by Crippen LogP contribution is 2.05. The predicted octanol–water partition coefficient (Wildman–Crippen LogP) is 2.74. The molecule has 0 heterocycles. The van der Waals surface area contributed by atoms with Crippen molar-refractivity contribution < 1.29 is 0 Å². The predicted molar refractivity (Wildman–Crippen MR) is 83.5 cm³/mol. The molecule has 3 heteroatoms. The third kappa shape index (κ3) is 6.85. The van der Waals surface area contributed by atoms with E-state index >= 15 is 0 Å². The first-order chi connectivity index (χ1) is 9.11. The van der Waals surface area contributed by atoms with Crippen LogP contribution in [0.5, 0.6) is 0 Å². The molecule has 106 valence electrons. The van der Waals surface area contributed by atoms with Crippen molar-refractivity contribution in [3.05, 3.63) is 35.4 Å². The smallest absolute Gasteiger partial charge is 0.188 e. The van der Waals surface area contributed by atoms with Gasteiger partial charge in [-0.15, -0.1) is 0 Å². The quantitative estimate of drug-likeness (QED) is 0.586. The molecule has 0 amide bonds. The molecule has 0 aromatic heterocycles. The molecule has 0 aliphatic carbocycles. The van der Waals surface area contributed by atoms with Crippen molar-refractivity contribution in [2.45, 2.75) is 40.0 Å². The van der Waals surface area contributed by atoms with Crippen molar-refractivity contribution in [1.82, 2.24) is 5.32 Å². The van der Waals surface area contributed by atoms with Gasteiger partial charge in [-0.25, -0.2) is 0 Å². The minimum Gasteiger partial charge on any atom is -0.370 e. The monoisotopic (exact) mass is 261 g/mol. The van der Waals surface area contributed by atoms with Gasteiger partial charge in [0.2, 0.25) is 0 Å². The Balaban J connectivity index is 2.25. The van der Waals surface area contributed by atoms with Gasteiger partial charge in [-0.2, -0.15) is 0 Å². The molecule has 3 N–H and O–H groups in total. The van der Waals surface area contributed by atoms with E-state index in [0.717, 1.165) is 32.4 Å². The van der Waals surface area contributed by atoms with Crippen LogP contribution in [-0.2, 0) is 12.8 Å². The van der Waals surface area contributed by atoms with Crippen LogP contribution in [0.4, 0.5) is 0 Å². The molecule has 1 aromatic rings. The first-order valence-corrected chi connectivity index (χ1v) is 7.23. The van der Waals surface area contributed by atoms with Gasteiger partial charge in [0.15, 0.2) is 5.96 Å². The van der Waals surface area contributed by atoms with E-state index in [4.69, 9.17) is 5.73 Å². The van der Waals surface area contributed by atoms with Gasteiger partial charge in [0.1, 0.15) is 0 Å². The van der Waals surface area contributed by atoms with E-state index in [1.54, 1.807) is 0 Å². The summed E-state index contributed by atoms with van der Waals surface area (Å²) >= 11 is 0. The number of nitrogens with zero attached hydrogens (tertiary/aromatic N) is 1. The first-order valence-electron chi connectivity index (χ1n) is 7.23. The molecular formula is C16H27N3. The molecule has 0 atom stereocenters. The SMILES string of the molecule is CCc1ccc(CCNC(N)=NCCC(C)C)cc1. The van der Waals surface area contributed by atoms with Crippen molar-refractivity contribution in [2.75, 3.05) is 13.1 Å². The van der Waals surface area contributed by atoms with Crippen molar-refractivity contribution in [3.63, 3.8) is 0 Å². The van der Waals surface area contributed by atoms with Crippen molar-refractivity contribution in [1.29, 1.82) is 0 Å². The first kappa shape index (κ1) is 15.5. The van der Waals surface area contributed by atoms with E-state index in [-0.39, 0.29) is 0 Å². The van der Waals surface area contributed by atoms with E-state index < -0.39 is 0 Å². The summed E-state index contributed by atoms with van der Waals surface area (Å²) in [6.07, 6.45) is 3.15. The fraction of sp³-hybridized carbons (Fsp3) is 0.562. The number of nitrogens with one attached hydrogen (secondary N) is 1. The van der Waals surface area contributed by atoms with Gasteiger partial charge in [0.05, 0.1) is 0 Å². The third-order valence-corrected chi connectivity index (χ3v) is 3.14. The Kier molecular flexibility index (Phi) is 7.01. The Hall–Kier alpha value is -1.51. The van der Waals surface area contributed by atoms with E-state index in [9.17, 15) is 0 Å². The van der Waals surface area contributed by atoms with E-state index in [1.165, 1.54) is 11.1 Å². The molecule has 0 aliphatic rings. The molecule has 0 radical (unpaired) electrons. The Morgan fingerprint density at radius 2 is 1.84 bits per heavy atom. The van der Waals surface area contributed by atoms with E-state index in [1.807, 2.05) is 0 Å². The number of rotatable bonds is 7. The molecule has 0 bridgehead atoms. The van der Waals surface area contributed by atoms with Crippen molar-refractivity contribution in [2.24, 2.45) is 16.6 Å². The number of aryl methyl sites for hydroxylation is 1. The minimum absolute atomic E-state index is 0.561. The van der Waals surface area contributed by atoms with Crippen LogP contribution >= 0.6 is 0 Å². The number of nitrogens with two attached hydrogens (primary N) is 1. The second kappa shape index (κ2) is 8.57. The maximum absolute atomic E-state index is 5.81. The molecule has 0 unspecified atom stereocenters. The summed E-state index contributed by atoms with van der Waals surface area (Å²) in [6, 6.07) is 8.75. The third-order valence-electron chi connectivity index (χ3n) is 3.14. The summed E-state index contributed by atoms with van der Waals surface area (Å²) in [7, 11) is 0. The van der Waals surface area contributed by atoms with Gasteiger partial charge < -0.3 is 11.1 Å². The van der Waals surface area contributed by atoms with Gasteiger partial charge in [-0.05, 0) is 36.3 Å². The number of benzene rings is 1. The summed E-state index contributed by atoms with van der Waals surface area (Å²) in [5.74, 6) is 1.24. The van der Waals surface area contributed by atoms with Crippen LogP contribution in [-0.4, -0.2) is 19.0 Å². The molecule has 0 aliphatic heterocycles. The topological polar surface area (TPSA) is 50.4 Å². The number of aliphatic imine (C=N–C) groups is 1. The highest BCUT2D eigenvalue weighted by Gasteiger charge is 1.96. The number of hydrogen-bond acceptors (Lipinski definition) is 1. The molecule has 0 fully saturated rings. The number of guanidine groups is 1. The Labute approximate surface area is 117 Å². The lowest BCUT2D eigenvalue weighted by atomic mass is 10.1. The second-order valence-corrected chi connectivity index (χ2v) is 5.30. The summed E-state index contributed by atoms with van der Waals surface area (Å²) in [4.78, 5) is 4.31. The molecule has 1 rings (SSSR count). The Bertz CT molecular complexity index is 379. The average molecular weight is 261 g/mol. The van der Waals surface area contributed by atoms with Crippen molar-refractivity contribution in [3.8, 4) is 0 Å². The largest absolute Gasteiger partial charge is 0.370 e. The Morgan fingerprint density at radius 1 is 1.21 bits per heavy atom. The zero-order chi connectivity index (χ0) is 14.1. The van der Waals surface area contributed by atoms with Crippen LogP contribution < -0.4 is 11.1 Å². The molecule has 0 saturated heterocycles. The van der Waals surface area contributed by atoms with Gasteiger partial charge in [0, 0.05) is 13.1 Å². The summed E-state index contributed by atoms with van der Waals surface area (Å²) in [5.41, 5.74) is 8.52. The zero-order valence-corrected chi connectivity index (χ0v) is 12.4. The van der Waals surface area contributed by atoms with Gasteiger partial charge in [-0.1, -0.05) is 45.0 Å². The van der Waals surface area contributed by atoms with Crippen LogP contribution in [0.1, 0.15) is 38.3 Å². The van der Waals surface area contributed by atoms with Gasteiger partial charge in [0.25, 0.3) is 0 Å². The van der Waals surface area contributed by atoms with E-state index in [0.29, 0.717) is 11.9 Å². The highest BCUT2D eigenvalue weighted by atomic mass is 15.1. The molecule has 19 heavy (non-hydrogen) atoms. The van der Waals surface area contributed by atoms with Crippen LogP contribution in [0, 0.1) is 5.92 Å². The maximum Gasteiger partial charge on any atom is 0.188 e. The normalized spacial score (nSPS) is 11.9. The molecule has 3 nitrogen and oxygen atoms in total. The van der Waals surface area contributed by atoms with Gasteiger partial charge >= 0.3 is 0 Å². The summed E-state index contributed by atoms with van der Waals surface area (Å²) in [6.45, 7) is 8.20. The summed E-state index contributed by atoms with van der Waals surface area (Å²) < 4.78 is 0. The van der Waals surface area contributed by atoms with Crippen molar-refractivity contribution >= 4 is 5.96 Å². The fourth-order valence-corrected chi connectivity index (χ4v) is 1.78. The maximum atomic E-state index is 5.81. The average Bonchev–Trinajstić information content (AvgIpc) is 2.39. The van der Waals surface area contributed by atoms with Crippen LogP contribution in [0.15, 0.2) is 29.3 Å². The Morgan fingerprint density at radius 3 is 2.42 bits per heavy atom. The number of hydrogen-bond donors (Lipinski definition) is 2. The summed E-state index contributed by atoms with van der Waals surface area (Å²) in [5, 5.41) is 3.16. The molecular weight excluding hydrogens is 234 g/mol. The zero-order valence-electron chi connectivity index (χ0n) is 12.4. The van der Waals surface area contributed by atoms with Crippen LogP contribution in [0.2, 0.25) is 0 Å². The fourth-order valence-electron chi connectivity index (χ4n) is 1.78. The van der Waals surface area contributed by atoms with Crippen LogP contribution in [0.25, 0.3) is 0 Å². The lowest BCUT2D eigenvalue weighted by molar-refractivity contribution is 0.595. The second-order valence-electron chi connectivity index (χ2n) is 5.30. The molecule has 0 spiro atoms. The lowest BCUT2D eigenvalue weighted by Gasteiger charge is -2.07. The van der Waals surface area contributed by atoms with Gasteiger partial charge in [-0.3, -0.25) is 4.99 Å². The molecule has 0 saturated carbocycles. The van der Waals surface area contributed by atoms with Crippen LogP contribution in [0.3, 0.4) is 0 Å². The van der Waals surface area contributed by atoms with E-state index in [2.05, 4.69) is 55.3 Å². The lowest BCUT2D eigenvalue weighted by Crippen LogP contribution is -2.33.